The Bertz CT molecular complexity index is 215. The van der Waals surface area contributed by atoms with Crippen molar-refractivity contribution in [3.8, 4) is 0 Å². The summed E-state index contributed by atoms with van der Waals surface area (Å²) in [5, 5.41) is 13.8. The van der Waals surface area contributed by atoms with Gasteiger partial charge in [-0.3, -0.25) is 5.41 Å². The van der Waals surface area contributed by atoms with Crippen LogP contribution in [-0.2, 0) is 0 Å². The van der Waals surface area contributed by atoms with Crippen molar-refractivity contribution in [2.45, 2.75) is 6.92 Å². The predicted molar refractivity (Wildman–Crippen MR) is 60.5 cm³/mol. The molecule has 3 nitrogen and oxygen atoms in total. The average Bonchev–Trinajstić information content (AvgIpc) is 1.98. The second-order valence-corrected chi connectivity index (χ2v) is 3.26. The maximum absolute atomic E-state index is 7.47. The van der Waals surface area contributed by atoms with Gasteiger partial charge in [-0.25, -0.2) is 5.01 Å². The first kappa shape index (κ1) is 11.7. The van der Waals surface area contributed by atoms with E-state index in [-0.39, 0.29) is 17.0 Å². The van der Waals surface area contributed by atoms with E-state index in [2.05, 4.69) is 11.7 Å². The molecule has 1 N–H and O–H groups in total. The Labute approximate surface area is 87.2 Å². The summed E-state index contributed by atoms with van der Waals surface area (Å²) in [5.41, 5.74) is 1.06. The number of hydrogen-bond acceptors (Lipinski definition) is 3. The van der Waals surface area contributed by atoms with Gasteiger partial charge in [-0.1, -0.05) is 17.8 Å². The molecule has 0 aromatic heterocycles. The van der Waals surface area contributed by atoms with Crippen LogP contribution in [0.15, 0.2) is 17.8 Å². The minimum Gasteiger partial charge on any atom is -0.277 e. The molecule has 12 heavy (non-hydrogen) atoms. The standard InChI is InChI=1S/C7H11N3S.BrH/c1-3-4-10-7(8)11-5-6(2)9-10;/h3,8H,1,4-5H2,2H3;1H. The quantitative estimate of drug-likeness (QED) is 0.762. The molecule has 0 unspecified atom stereocenters. The Morgan fingerprint density at radius 1 is 1.83 bits per heavy atom. The topological polar surface area (TPSA) is 39.5 Å². The molecule has 0 spiro atoms. The van der Waals surface area contributed by atoms with Gasteiger partial charge in [-0.15, -0.1) is 23.6 Å². The first-order chi connectivity index (χ1) is 5.24. The lowest BCUT2D eigenvalue weighted by Gasteiger charge is -2.22. The number of hydrogen-bond donors (Lipinski definition) is 1. The number of amidine groups is 1. The number of nitrogens with zero attached hydrogens (tertiary/aromatic N) is 2. The molecule has 68 valence electrons. The van der Waals surface area contributed by atoms with E-state index in [0.717, 1.165) is 11.5 Å². The highest BCUT2D eigenvalue weighted by atomic mass is 79.9. The van der Waals surface area contributed by atoms with Gasteiger partial charge >= 0.3 is 0 Å². The molecule has 0 atom stereocenters. The van der Waals surface area contributed by atoms with E-state index in [4.69, 9.17) is 5.41 Å². The van der Waals surface area contributed by atoms with Gasteiger partial charge in [-0.05, 0) is 6.92 Å². The molecule has 1 aliphatic rings. The number of nitrogens with one attached hydrogen (secondary N) is 1. The van der Waals surface area contributed by atoms with Crippen LogP contribution < -0.4 is 0 Å². The summed E-state index contributed by atoms with van der Waals surface area (Å²) >= 11 is 1.50. The molecule has 0 fully saturated rings. The van der Waals surface area contributed by atoms with Crippen LogP contribution in [0.4, 0.5) is 0 Å². The van der Waals surface area contributed by atoms with Crippen molar-refractivity contribution >= 4 is 39.6 Å². The number of hydrazone groups is 1. The number of halogens is 1. The van der Waals surface area contributed by atoms with Gasteiger partial charge in [-0.2, -0.15) is 5.10 Å². The van der Waals surface area contributed by atoms with E-state index < -0.39 is 0 Å². The fraction of sp³-hybridized carbons (Fsp3) is 0.429. The van der Waals surface area contributed by atoms with Gasteiger partial charge in [0.15, 0.2) is 5.17 Å². The maximum Gasteiger partial charge on any atom is 0.177 e. The second-order valence-electron chi connectivity index (χ2n) is 2.30. The van der Waals surface area contributed by atoms with Crippen LogP contribution in [0.25, 0.3) is 0 Å². The first-order valence-electron chi connectivity index (χ1n) is 3.38. The van der Waals surface area contributed by atoms with Crippen molar-refractivity contribution in [1.29, 1.82) is 5.41 Å². The Morgan fingerprint density at radius 2 is 2.50 bits per heavy atom. The Hall–Kier alpha value is -0.290. The summed E-state index contributed by atoms with van der Waals surface area (Å²) in [6.45, 7) is 6.19. The Kier molecular flexibility index (Phi) is 5.24. The molecule has 0 bridgehead atoms. The number of rotatable bonds is 2. The van der Waals surface area contributed by atoms with Gasteiger partial charge < -0.3 is 0 Å². The lowest BCUT2D eigenvalue weighted by molar-refractivity contribution is 0.499. The molecule has 1 aliphatic heterocycles. The van der Waals surface area contributed by atoms with Crippen LogP contribution >= 0.6 is 28.7 Å². The molecule has 0 saturated carbocycles. The zero-order valence-electron chi connectivity index (χ0n) is 6.91. The first-order valence-corrected chi connectivity index (χ1v) is 4.36. The van der Waals surface area contributed by atoms with E-state index in [1.165, 1.54) is 11.8 Å². The Balaban J connectivity index is 0.00000121. The highest BCUT2D eigenvalue weighted by Gasteiger charge is 2.13. The zero-order valence-corrected chi connectivity index (χ0v) is 9.44. The molecule has 0 aliphatic carbocycles. The lowest BCUT2D eigenvalue weighted by Crippen LogP contribution is -2.28. The van der Waals surface area contributed by atoms with Crippen molar-refractivity contribution in [2.24, 2.45) is 5.10 Å². The van der Waals surface area contributed by atoms with Crippen LogP contribution in [0.1, 0.15) is 6.92 Å². The molecule has 0 radical (unpaired) electrons. The van der Waals surface area contributed by atoms with Crippen LogP contribution in [0.2, 0.25) is 0 Å². The van der Waals surface area contributed by atoms with E-state index in [0.29, 0.717) is 11.7 Å². The highest BCUT2D eigenvalue weighted by molar-refractivity contribution is 8.93. The summed E-state index contributed by atoms with van der Waals surface area (Å²) < 4.78 is 0. The van der Waals surface area contributed by atoms with E-state index in [1.54, 1.807) is 11.1 Å². The van der Waals surface area contributed by atoms with Crippen LogP contribution in [0, 0.1) is 5.41 Å². The largest absolute Gasteiger partial charge is 0.277 e. The summed E-state index contributed by atoms with van der Waals surface area (Å²) in [7, 11) is 0. The summed E-state index contributed by atoms with van der Waals surface area (Å²) in [5.74, 6) is 0.840. The lowest BCUT2D eigenvalue weighted by atomic mass is 10.5. The van der Waals surface area contributed by atoms with Gasteiger partial charge in [0.05, 0.1) is 6.54 Å². The van der Waals surface area contributed by atoms with Crippen molar-refractivity contribution in [3.63, 3.8) is 0 Å². The van der Waals surface area contributed by atoms with Gasteiger partial charge in [0.25, 0.3) is 0 Å². The summed E-state index contributed by atoms with van der Waals surface area (Å²) in [4.78, 5) is 0. The van der Waals surface area contributed by atoms with Gasteiger partial charge in [0.2, 0.25) is 0 Å². The van der Waals surface area contributed by atoms with Crippen LogP contribution in [0.3, 0.4) is 0 Å². The average molecular weight is 250 g/mol. The van der Waals surface area contributed by atoms with Crippen molar-refractivity contribution in [2.75, 3.05) is 12.3 Å². The number of thioether (sulfide) groups is 1. The van der Waals surface area contributed by atoms with E-state index in [1.807, 2.05) is 6.92 Å². The maximum atomic E-state index is 7.47. The van der Waals surface area contributed by atoms with Crippen LogP contribution in [0.5, 0.6) is 0 Å². The van der Waals surface area contributed by atoms with E-state index >= 15 is 0 Å². The molecule has 5 heteroatoms. The fourth-order valence-corrected chi connectivity index (χ4v) is 1.44. The van der Waals surface area contributed by atoms with E-state index in [9.17, 15) is 0 Å². The third kappa shape index (κ3) is 2.98. The molecule has 0 saturated heterocycles. The van der Waals surface area contributed by atoms with Crippen molar-refractivity contribution in [3.05, 3.63) is 12.7 Å². The second kappa shape index (κ2) is 5.37. The molecule has 1 rings (SSSR count). The van der Waals surface area contributed by atoms with Gasteiger partial charge in [0.1, 0.15) is 0 Å². The third-order valence-corrected chi connectivity index (χ3v) is 2.29. The molecule has 1 heterocycles. The molecular weight excluding hydrogens is 238 g/mol. The van der Waals surface area contributed by atoms with Crippen molar-refractivity contribution < 1.29 is 0 Å². The minimum atomic E-state index is 0. The monoisotopic (exact) mass is 249 g/mol. The summed E-state index contributed by atoms with van der Waals surface area (Å²) in [6, 6.07) is 0. The highest BCUT2D eigenvalue weighted by Crippen LogP contribution is 2.13. The predicted octanol–water partition coefficient (Wildman–Crippen LogP) is 2.11. The molecule has 0 aromatic rings. The Morgan fingerprint density at radius 3 is 3.08 bits per heavy atom. The minimum absolute atomic E-state index is 0. The molecule has 0 amide bonds. The van der Waals surface area contributed by atoms with Crippen LogP contribution in [-0.4, -0.2) is 28.2 Å². The van der Waals surface area contributed by atoms with Crippen molar-refractivity contribution in [1.82, 2.24) is 5.01 Å². The fourth-order valence-electron chi connectivity index (χ4n) is 0.774. The zero-order chi connectivity index (χ0) is 8.27. The smallest absolute Gasteiger partial charge is 0.177 e. The normalized spacial score (nSPS) is 16.6. The van der Waals surface area contributed by atoms with Gasteiger partial charge in [0, 0.05) is 11.5 Å². The summed E-state index contributed by atoms with van der Waals surface area (Å²) in [6.07, 6.45) is 1.75. The SMILES string of the molecule is Br.C=CCN1N=C(C)CSC1=N. The third-order valence-electron chi connectivity index (χ3n) is 1.25. The molecule has 0 aromatic carbocycles. The molecular formula is C7H12BrN3S.